The Morgan fingerprint density at radius 3 is 2.68 bits per heavy atom. The van der Waals surface area contributed by atoms with Gasteiger partial charge >= 0.3 is 6.03 Å². The molecule has 4 heterocycles. The zero-order valence-electron chi connectivity index (χ0n) is 23.4. The van der Waals surface area contributed by atoms with E-state index in [-0.39, 0.29) is 49.4 Å². The van der Waals surface area contributed by atoms with Gasteiger partial charge in [-0.25, -0.2) is 4.79 Å². The standard InChI is InChI=1S/C28H40ClN5O7/c1-16(2)30-28(39)34-14-20-13-32(6-7-40-20)27(38)21-9-19(12-33(21)11-17-4-3-5-18(29)8-17)31-24(35)10-22-25(36)26(37)23(15-34)41-22/h3-5,8,16,19-23,25-26,36-37H,6-7,9-15H2,1-2H3,(H,30,39)(H,31,35)/t19-,20-,21-,22-,23+,25-,26+/m0/s1. The van der Waals surface area contributed by atoms with Crippen molar-refractivity contribution in [3.8, 4) is 0 Å². The molecule has 7 atom stereocenters. The quantitative estimate of drug-likeness (QED) is 0.382. The summed E-state index contributed by atoms with van der Waals surface area (Å²) < 4.78 is 11.9. The number of hydrogen-bond acceptors (Lipinski definition) is 8. The monoisotopic (exact) mass is 593 g/mol. The number of urea groups is 1. The summed E-state index contributed by atoms with van der Waals surface area (Å²) >= 11 is 6.22. The van der Waals surface area contributed by atoms with Crippen LogP contribution >= 0.6 is 11.6 Å². The molecule has 4 amide bonds. The molecule has 4 aliphatic rings. The lowest BCUT2D eigenvalue weighted by atomic mass is 10.0. The summed E-state index contributed by atoms with van der Waals surface area (Å²) in [6, 6.07) is 6.24. The molecule has 0 radical (unpaired) electrons. The van der Waals surface area contributed by atoms with Gasteiger partial charge in [0.1, 0.15) is 18.3 Å². The number of rotatable bonds is 3. The Bertz CT molecular complexity index is 1130. The number of aliphatic hydroxyl groups excluding tert-OH is 2. The summed E-state index contributed by atoms with van der Waals surface area (Å²) in [5.74, 6) is -0.382. The van der Waals surface area contributed by atoms with Crippen LogP contribution in [0.3, 0.4) is 0 Å². The Balaban J connectivity index is 1.41. The van der Waals surface area contributed by atoms with Gasteiger partial charge in [-0.15, -0.1) is 0 Å². The zero-order chi connectivity index (χ0) is 29.3. The topological polar surface area (TPSA) is 144 Å². The second kappa shape index (κ2) is 12.8. The molecular weight excluding hydrogens is 554 g/mol. The molecular formula is C28H40ClN5O7. The second-order valence-electron chi connectivity index (χ2n) is 11.8. The van der Waals surface area contributed by atoms with Crippen LogP contribution in [-0.2, 0) is 25.6 Å². The minimum absolute atomic E-state index is 0.0125. The van der Waals surface area contributed by atoms with Crippen LogP contribution in [0.15, 0.2) is 24.3 Å². The summed E-state index contributed by atoms with van der Waals surface area (Å²) in [6.45, 7) is 5.82. The maximum atomic E-state index is 13.9. The molecule has 4 aliphatic heterocycles. The van der Waals surface area contributed by atoms with Gasteiger partial charge in [0.25, 0.3) is 0 Å². The van der Waals surface area contributed by atoms with Gasteiger partial charge in [-0.2, -0.15) is 0 Å². The fourth-order valence-electron chi connectivity index (χ4n) is 6.21. The number of likely N-dealkylation sites (tertiary alicyclic amines) is 1. The summed E-state index contributed by atoms with van der Waals surface area (Å²) in [4.78, 5) is 45.4. The van der Waals surface area contributed by atoms with E-state index in [0.29, 0.717) is 44.2 Å². The van der Waals surface area contributed by atoms with Crippen LogP contribution in [0.2, 0.25) is 5.02 Å². The highest BCUT2D eigenvalue weighted by Crippen LogP contribution is 2.28. The van der Waals surface area contributed by atoms with Crippen LogP contribution in [0.1, 0.15) is 32.3 Å². The number of nitrogens with zero attached hydrogens (tertiary/aromatic N) is 3. The van der Waals surface area contributed by atoms with Crippen molar-refractivity contribution in [1.82, 2.24) is 25.3 Å². The first kappa shape index (κ1) is 30.0. The highest BCUT2D eigenvalue weighted by molar-refractivity contribution is 6.30. The van der Waals surface area contributed by atoms with Crippen LogP contribution < -0.4 is 10.6 Å². The zero-order valence-corrected chi connectivity index (χ0v) is 24.2. The molecule has 0 saturated carbocycles. The third kappa shape index (κ3) is 7.12. The Morgan fingerprint density at radius 1 is 1.15 bits per heavy atom. The predicted octanol–water partition coefficient (Wildman–Crippen LogP) is -0.0606. The van der Waals surface area contributed by atoms with E-state index in [0.717, 1.165) is 5.56 Å². The van der Waals surface area contributed by atoms with Crippen molar-refractivity contribution in [2.45, 2.75) is 81.9 Å². The van der Waals surface area contributed by atoms with Crippen LogP contribution in [0.25, 0.3) is 0 Å². The molecule has 41 heavy (non-hydrogen) atoms. The first-order chi connectivity index (χ1) is 19.6. The predicted molar refractivity (Wildman–Crippen MR) is 149 cm³/mol. The molecule has 1 aromatic rings. The molecule has 0 aliphatic carbocycles. The van der Waals surface area contributed by atoms with Crippen LogP contribution in [0.5, 0.6) is 0 Å². The highest BCUT2D eigenvalue weighted by atomic mass is 35.5. The molecule has 226 valence electrons. The number of ether oxygens (including phenoxy) is 2. The number of aliphatic hydroxyl groups is 2. The average Bonchev–Trinajstić information content (AvgIpc) is 3.42. The van der Waals surface area contributed by atoms with Gasteiger partial charge in [0.2, 0.25) is 11.8 Å². The molecule has 0 unspecified atom stereocenters. The number of fused-ring (bicyclic) bond motifs is 6. The maximum absolute atomic E-state index is 13.9. The van der Waals surface area contributed by atoms with E-state index >= 15 is 0 Å². The Morgan fingerprint density at radius 2 is 1.93 bits per heavy atom. The first-order valence-corrected chi connectivity index (χ1v) is 14.7. The lowest BCUT2D eigenvalue weighted by molar-refractivity contribution is -0.144. The molecule has 0 spiro atoms. The van der Waals surface area contributed by atoms with E-state index in [4.69, 9.17) is 21.1 Å². The van der Waals surface area contributed by atoms with Gasteiger partial charge in [0.15, 0.2) is 0 Å². The van der Waals surface area contributed by atoms with E-state index in [9.17, 15) is 24.6 Å². The van der Waals surface area contributed by atoms with E-state index in [1.165, 1.54) is 4.90 Å². The summed E-state index contributed by atoms with van der Waals surface area (Å²) in [6.07, 6.45) is -4.55. The van der Waals surface area contributed by atoms with Crippen molar-refractivity contribution in [1.29, 1.82) is 0 Å². The van der Waals surface area contributed by atoms with Gasteiger partial charge in [-0.1, -0.05) is 23.7 Å². The Kier molecular flexibility index (Phi) is 9.37. The van der Waals surface area contributed by atoms with E-state index in [1.54, 1.807) is 11.0 Å². The van der Waals surface area contributed by atoms with Gasteiger partial charge in [0.05, 0.1) is 44.4 Å². The van der Waals surface area contributed by atoms with E-state index in [2.05, 4.69) is 15.5 Å². The Hall–Kier alpha value is -2.48. The molecule has 0 aromatic heterocycles. The number of halogens is 1. The van der Waals surface area contributed by atoms with Crippen LogP contribution in [0.4, 0.5) is 4.79 Å². The van der Waals surface area contributed by atoms with Gasteiger partial charge in [-0.05, 0) is 38.0 Å². The van der Waals surface area contributed by atoms with Gasteiger partial charge in [0, 0.05) is 43.3 Å². The van der Waals surface area contributed by atoms with Crippen molar-refractivity contribution < 1.29 is 34.1 Å². The fraction of sp³-hybridized carbons (Fsp3) is 0.679. The summed E-state index contributed by atoms with van der Waals surface area (Å²) in [7, 11) is 0. The largest absolute Gasteiger partial charge is 0.388 e. The molecule has 4 N–H and O–H groups in total. The van der Waals surface area contributed by atoms with Gasteiger partial charge in [-0.3, -0.25) is 14.5 Å². The van der Waals surface area contributed by atoms with E-state index < -0.39 is 36.6 Å². The minimum Gasteiger partial charge on any atom is -0.388 e. The number of carbonyl (C=O) groups is 3. The van der Waals surface area contributed by atoms with Crippen LogP contribution in [-0.4, -0.2) is 131 Å². The highest BCUT2D eigenvalue weighted by Gasteiger charge is 2.46. The van der Waals surface area contributed by atoms with E-state index in [1.807, 2.05) is 32.0 Å². The Labute approximate surface area is 244 Å². The lowest BCUT2D eigenvalue weighted by Gasteiger charge is -2.38. The first-order valence-electron chi connectivity index (χ1n) is 14.3. The molecule has 4 fully saturated rings. The number of benzene rings is 1. The third-order valence-corrected chi connectivity index (χ3v) is 8.39. The molecule has 13 heteroatoms. The molecule has 4 saturated heterocycles. The number of hydrogen-bond donors (Lipinski definition) is 4. The molecule has 12 nitrogen and oxygen atoms in total. The van der Waals surface area contributed by atoms with Crippen molar-refractivity contribution >= 4 is 29.4 Å². The molecule has 5 rings (SSSR count). The lowest BCUT2D eigenvalue weighted by Crippen LogP contribution is -2.56. The second-order valence-corrected chi connectivity index (χ2v) is 12.2. The van der Waals surface area contributed by atoms with Crippen LogP contribution in [0, 0.1) is 0 Å². The SMILES string of the molecule is CC(C)NC(=O)N1C[C@@H]2CN(CCO2)C(=O)[C@@H]2C[C@@H](CN2Cc2cccc(Cl)c2)NC(=O)C[C@@H]2O[C@H](C1)[C@@H](O)[C@H]2O. The normalized spacial score (nSPS) is 33.3. The van der Waals surface area contributed by atoms with Crippen molar-refractivity contribution in [2.24, 2.45) is 0 Å². The summed E-state index contributed by atoms with van der Waals surface area (Å²) in [5, 5.41) is 27.9. The smallest absolute Gasteiger partial charge is 0.317 e. The average molecular weight is 594 g/mol. The number of morpholine rings is 1. The minimum atomic E-state index is -1.28. The van der Waals surface area contributed by atoms with Crippen molar-refractivity contribution in [3.63, 3.8) is 0 Å². The summed E-state index contributed by atoms with van der Waals surface area (Å²) in [5.41, 5.74) is 0.960. The fourth-order valence-corrected chi connectivity index (χ4v) is 6.42. The number of nitrogens with one attached hydrogen (secondary N) is 2. The molecule has 6 bridgehead atoms. The number of carbonyl (C=O) groups excluding carboxylic acids is 3. The maximum Gasteiger partial charge on any atom is 0.317 e. The number of amides is 4. The molecule has 1 aromatic carbocycles. The van der Waals surface area contributed by atoms with Gasteiger partial charge < -0.3 is 40.1 Å². The van der Waals surface area contributed by atoms with Crippen molar-refractivity contribution in [3.05, 3.63) is 34.9 Å². The third-order valence-electron chi connectivity index (χ3n) is 8.15. The van der Waals surface area contributed by atoms with Crippen molar-refractivity contribution in [2.75, 3.05) is 39.3 Å².